The molecule has 5 nitrogen and oxygen atoms in total. The first kappa shape index (κ1) is 15.8. The van der Waals surface area contributed by atoms with Gasteiger partial charge in [0.1, 0.15) is 0 Å². The van der Waals surface area contributed by atoms with Crippen molar-refractivity contribution >= 4 is 22.5 Å². The fourth-order valence-corrected chi connectivity index (χ4v) is 3.72. The number of benzene rings is 1. The second-order valence-corrected chi connectivity index (χ2v) is 7.04. The van der Waals surface area contributed by atoms with Crippen LogP contribution in [0.1, 0.15) is 29.8 Å². The van der Waals surface area contributed by atoms with Crippen LogP contribution in [0, 0.1) is 5.92 Å². The Morgan fingerprint density at radius 2 is 2.17 bits per heavy atom. The summed E-state index contributed by atoms with van der Waals surface area (Å²) in [5.41, 5.74) is 3.45. The molecule has 2 N–H and O–H groups in total. The Hall–Kier alpha value is -2.08. The minimum Gasteiger partial charge on any atom is -0.354 e. The summed E-state index contributed by atoms with van der Waals surface area (Å²) >= 11 is 1.58. The molecule has 1 aliphatic carbocycles. The van der Waals surface area contributed by atoms with Gasteiger partial charge in [-0.2, -0.15) is 0 Å². The zero-order chi connectivity index (χ0) is 16.4. The van der Waals surface area contributed by atoms with Crippen LogP contribution in [0.25, 0.3) is 0 Å². The predicted molar refractivity (Wildman–Crippen MR) is 93.9 cm³/mol. The minimum atomic E-state index is -0.141. The van der Waals surface area contributed by atoms with Gasteiger partial charge in [0.25, 0.3) is 0 Å². The molecule has 2 atom stereocenters. The lowest BCUT2D eigenvalue weighted by Crippen LogP contribution is -2.38. The Morgan fingerprint density at radius 3 is 2.91 bits per heavy atom. The van der Waals surface area contributed by atoms with Gasteiger partial charge in [-0.1, -0.05) is 31.2 Å². The Balaban J connectivity index is 1.57. The molecule has 1 aromatic carbocycles. The van der Waals surface area contributed by atoms with Crippen molar-refractivity contribution in [3.63, 3.8) is 0 Å². The summed E-state index contributed by atoms with van der Waals surface area (Å²) in [4.78, 5) is 18.6. The van der Waals surface area contributed by atoms with E-state index in [2.05, 4.69) is 40.7 Å². The molecule has 1 aromatic heterocycles. The molecule has 0 saturated heterocycles. The molecule has 0 bridgehead atoms. The normalized spacial score (nSPS) is 19.3. The fraction of sp³-hybridized carbons (Fsp3) is 0.412. The van der Waals surface area contributed by atoms with Gasteiger partial charge in [-0.15, -0.1) is 11.3 Å². The average Bonchev–Trinajstić information content (AvgIpc) is 3.11. The summed E-state index contributed by atoms with van der Waals surface area (Å²) in [6.07, 6.45) is 1.01. The molecule has 1 aliphatic rings. The molecule has 0 saturated carbocycles. The van der Waals surface area contributed by atoms with Crippen molar-refractivity contribution in [1.29, 1.82) is 0 Å². The van der Waals surface area contributed by atoms with E-state index in [1.807, 2.05) is 30.4 Å². The fourth-order valence-electron chi connectivity index (χ4n) is 2.96. The standard InChI is InChI=1S/C17H22N4OS/c1-11-8-12-6-4-5-7-14(12)15(11)20-16(22)18-9-13-10-23-17(19-13)21(2)3/h4-7,10-11,15H,8-9H2,1-3H3,(H2,18,20,22)/t11-,15+/m1/s1. The first-order valence-corrected chi connectivity index (χ1v) is 8.66. The zero-order valence-corrected chi connectivity index (χ0v) is 14.5. The first-order valence-electron chi connectivity index (χ1n) is 7.78. The predicted octanol–water partition coefficient (Wildman–Crippen LogP) is 2.94. The number of hydrogen-bond donors (Lipinski definition) is 2. The van der Waals surface area contributed by atoms with Crippen LogP contribution in [0.5, 0.6) is 0 Å². The monoisotopic (exact) mass is 330 g/mol. The Labute approximate surface area is 140 Å². The maximum atomic E-state index is 12.2. The van der Waals surface area contributed by atoms with Gasteiger partial charge in [0.15, 0.2) is 5.13 Å². The molecule has 0 spiro atoms. The summed E-state index contributed by atoms with van der Waals surface area (Å²) in [6, 6.07) is 8.27. The van der Waals surface area contributed by atoms with E-state index in [0.717, 1.165) is 17.2 Å². The summed E-state index contributed by atoms with van der Waals surface area (Å²) in [5, 5.41) is 8.93. The van der Waals surface area contributed by atoms with Gasteiger partial charge in [-0.05, 0) is 23.5 Å². The van der Waals surface area contributed by atoms with Crippen LogP contribution < -0.4 is 15.5 Å². The molecule has 3 rings (SSSR count). The highest BCUT2D eigenvalue weighted by atomic mass is 32.1. The third kappa shape index (κ3) is 3.47. The number of nitrogens with zero attached hydrogens (tertiary/aromatic N) is 2. The number of aromatic nitrogens is 1. The average molecular weight is 330 g/mol. The van der Waals surface area contributed by atoms with Gasteiger partial charge in [0.2, 0.25) is 0 Å². The zero-order valence-electron chi connectivity index (χ0n) is 13.7. The van der Waals surface area contributed by atoms with Crippen LogP contribution in [0.15, 0.2) is 29.6 Å². The van der Waals surface area contributed by atoms with Crippen molar-refractivity contribution in [2.75, 3.05) is 19.0 Å². The van der Waals surface area contributed by atoms with Crippen molar-refractivity contribution in [3.8, 4) is 0 Å². The van der Waals surface area contributed by atoms with E-state index in [-0.39, 0.29) is 12.1 Å². The van der Waals surface area contributed by atoms with Gasteiger partial charge in [-0.3, -0.25) is 0 Å². The van der Waals surface area contributed by atoms with E-state index in [1.54, 1.807) is 11.3 Å². The second kappa shape index (κ2) is 6.58. The highest BCUT2D eigenvalue weighted by Gasteiger charge is 2.30. The van der Waals surface area contributed by atoms with E-state index in [0.29, 0.717) is 12.5 Å². The number of fused-ring (bicyclic) bond motifs is 1. The molecule has 0 aliphatic heterocycles. The van der Waals surface area contributed by atoms with E-state index < -0.39 is 0 Å². The van der Waals surface area contributed by atoms with E-state index in [4.69, 9.17) is 0 Å². The van der Waals surface area contributed by atoms with Crippen molar-refractivity contribution in [1.82, 2.24) is 15.6 Å². The number of rotatable bonds is 4. The third-order valence-electron chi connectivity index (χ3n) is 4.14. The number of anilines is 1. The summed E-state index contributed by atoms with van der Waals surface area (Å²) in [7, 11) is 3.92. The molecule has 6 heteroatoms. The topological polar surface area (TPSA) is 57.3 Å². The molecule has 0 unspecified atom stereocenters. The lowest BCUT2D eigenvalue weighted by molar-refractivity contribution is 0.233. The van der Waals surface area contributed by atoms with Crippen LogP contribution >= 0.6 is 11.3 Å². The van der Waals surface area contributed by atoms with E-state index in [9.17, 15) is 4.79 Å². The molecule has 1 heterocycles. The summed E-state index contributed by atoms with van der Waals surface area (Å²) in [5.74, 6) is 0.415. The van der Waals surface area contributed by atoms with Gasteiger partial charge in [0, 0.05) is 19.5 Å². The van der Waals surface area contributed by atoms with E-state index >= 15 is 0 Å². The van der Waals surface area contributed by atoms with Crippen molar-refractivity contribution in [2.24, 2.45) is 5.92 Å². The highest BCUT2D eigenvalue weighted by molar-refractivity contribution is 7.13. The maximum Gasteiger partial charge on any atom is 0.315 e. The Morgan fingerprint density at radius 1 is 1.39 bits per heavy atom. The highest BCUT2D eigenvalue weighted by Crippen LogP contribution is 2.35. The molecular formula is C17H22N4OS. The molecule has 23 heavy (non-hydrogen) atoms. The maximum absolute atomic E-state index is 12.2. The Kier molecular flexibility index (Phi) is 4.52. The number of urea groups is 1. The van der Waals surface area contributed by atoms with Crippen molar-refractivity contribution < 1.29 is 4.79 Å². The minimum absolute atomic E-state index is 0.0824. The lowest BCUT2D eigenvalue weighted by atomic mass is 10.0. The number of nitrogens with one attached hydrogen (secondary N) is 2. The lowest BCUT2D eigenvalue weighted by Gasteiger charge is -2.19. The van der Waals surface area contributed by atoms with Gasteiger partial charge < -0.3 is 15.5 Å². The molecular weight excluding hydrogens is 308 g/mol. The Bertz CT molecular complexity index is 697. The molecule has 122 valence electrons. The summed E-state index contributed by atoms with van der Waals surface area (Å²) in [6.45, 7) is 2.62. The molecule has 0 fully saturated rings. The quantitative estimate of drug-likeness (QED) is 0.906. The van der Waals surface area contributed by atoms with E-state index in [1.165, 1.54) is 11.1 Å². The number of carbonyl (C=O) groups is 1. The molecule has 0 radical (unpaired) electrons. The van der Waals surface area contributed by atoms with Crippen LogP contribution in [-0.4, -0.2) is 25.1 Å². The SMILES string of the molecule is C[C@@H]1Cc2ccccc2[C@H]1NC(=O)NCc1csc(N(C)C)n1. The molecule has 2 amide bonds. The van der Waals surface area contributed by atoms with Crippen molar-refractivity contribution in [3.05, 3.63) is 46.5 Å². The van der Waals surface area contributed by atoms with Crippen molar-refractivity contribution in [2.45, 2.75) is 25.9 Å². The smallest absolute Gasteiger partial charge is 0.315 e. The van der Waals surface area contributed by atoms with Crippen LogP contribution in [-0.2, 0) is 13.0 Å². The summed E-state index contributed by atoms with van der Waals surface area (Å²) < 4.78 is 0. The van der Waals surface area contributed by atoms with Crippen LogP contribution in [0.3, 0.4) is 0 Å². The number of carbonyl (C=O) groups excluding carboxylic acids is 1. The van der Waals surface area contributed by atoms with Crippen LogP contribution in [0.4, 0.5) is 9.93 Å². The van der Waals surface area contributed by atoms with Gasteiger partial charge >= 0.3 is 6.03 Å². The third-order valence-corrected chi connectivity index (χ3v) is 5.20. The number of hydrogen-bond acceptors (Lipinski definition) is 4. The largest absolute Gasteiger partial charge is 0.354 e. The van der Waals surface area contributed by atoms with Gasteiger partial charge in [0.05, 0.1) is 18.3 Å². The van der Waals surface area contributed by atoms with Gasteiger partial charge in [-0.25, -0.2) is 9.78 Å². The number of amides is 2. The second-order valence-electron chi connectivity index (χ2n) is 6.20. The number of thiazole rings is 1. The molecule has 2 aromatic rings. The van der Waals surface area contributed by atoms with Crippen LogP contribution in [0.2, 0.25) is 0 Å². The first-order chi connectivity index (χ1) is 11.0.